The minimum atomic E-state index is -0.678. The van der Waals surface area contributed by atoms with Gasteiger partial charge in [-0.2, -0.15) is 0 Å². The van der Waals surface area contributed by atoms with Gasteiger partial charge in [-0.3, -0.25) is 9.59 Å². The fourth-order valence-electron chi connectivity index (χ4n) is 3.49. The zero-order valence-corrected chi connectivity index (χ0v) is 19.9. The Balaban J connectivity index is 1.80. The molecule has 0 saturated heterocycles. The van der Waals surface area contributed by atoms with Crippen LogP contribution in [0.3, 0.4) is 0 Å². The van der Waals surface area contributed by atoms with E-state index in [0.29, 0.717) is 23.6 Å². The fraction of sp³-hybridized carbons (Fsp3) is 0.231. The molecule has 0 spiro atoms. The highest BCUT2D eigenvalue weighted by atomic mass is 35.5. The lowest BCUT2D eigenvalue weighted by atomic mass is 10.0. The van der Waals surface area contributed by atoms with Gasteiger partial charge in [-0.15, -0.1) is 11.8 Å². The molecule has 0 aliphatic carbocycles. The van der Waals surface area contributed by atoms with Crippen molar-refractivity contribution in [3.05, 3.63) is 106 Å². The Hall–Kier alpha value is -2.83. The number of carbonyl (C=O) groups is 2. The second-order valence-corrected chi connectivity index (χ2v) is 8.91. The first kappa shape index (κ1) is 24.8. The number of hydrogen-bond donors (Lipinski definition) is 1. The third kappa shape index (κ3) is 7.07. The van der Waals surface area contributed by atoms with Crippen molar-refractivity contribution in [2.75, 3.05) is 12.8 Å². The van der Waals surface area contributed by atoms with Crippen LogP contribution in [-0.4, -0.2) is 35.6 Å². The zero-order chi connectivity index (χ0) is 23.6. The maximum Gasteiger partial charge on any atom is 0.242 e. The van der Waals surface area contributed by atoms with Crippen LogP contribution in [0.2, 0.25) is 5.02 Å². The molecule has 2 amide bonds. The molecule has 1 N–H and O–H groups in total. The first-order valence-corrected chi connectivity index (χ1v) is 12.1. The Morgan fingerprint density at radius 1 is 0.970 bits per heavy atom. The van der Waals surface area contributed by atoms with Crippen LogP contribution in [0.25, 0.3) is 0 Å². The zero-order valence-electron chi connectivity index (χ0n) is 18.3. The molecule has 0 aliphatic heterocycles. The SMILES string of the molecule is CNC(=O)[C@H](Cc1ccccc1)N(Cc1ccccc1)C(=O)CSCc1c(F)cccc1Cl. The summed E-state index contributed by atoms with van der Waals surface area (Å²) in [6.07, 6.45) is 0.392. The van der Waals surface area contributed by atoms with Gasteiger partial charge in [0.2, 0.25) is 11.8 Å². The van der Waals surface area contributed by atoms with E-state index >= 15 is 0 Å². The third-order valence-electron chi connectivity index (χ3n) is 5.25. The molecule has 33 heavy (non-hydrogen) atoms. The molecule has 0 heterocycles. The van der Waals surface area contributed by atoms with E-state index in [-0.39, 0.29) is 23.3 Å². The number of halogens is 2. The smallest absolute Gasteiger partial charge is 0.242 e. The highest BCUT2D eigenvalue weighted by Crippen LogP contribution is 2.25. The van der Waals surface area contributed by atoms with Crippen LogP contribution >= 0.6 is 23.4 Å². The summed E-state index contributed by atoms with van der Waals surface area (Å²) in [6, 6.07) is 23.0. The van der Waals surface area contributed by atoms with Gasteiger partial charge >= 0.3 is 0 Å². The topological polar surface area (TPSA) is 49.4 Å². The maximum absolute atomic E-state index is 14.1. The van der Waals surface area contributed by atoms with E-state index in [1.54, 1.807) is 24.1 Å². The van der Waals surface area contributed by atoms with Crippen LogP contribution in [0, 0.1) is 5.82 Å². The third-order valence-corrected chi connectivity index (χ3v) is 6.54. The summed E-state index contributed by atoms with van der Waals surface area (Å²) in [5.41, 5.74) is 2.26. The van der Waals surface area contributed by atoms with E-state index < -0.39 is 11.9 Å². The van der Waals surface area contributed by atoms with Crippen LogP contribution in [0.1, 0.15) is 16.7 Å². The first-order chi connectivity index (χ1) is 16.0. The standard InChI is InChI=1S/C26H26ClFN2O2S/c1-29-26(32)24(15-19-9-4-2-5-10-19)30(16-20-11-6-3-7-12-20)25(31)18-33-17-21-22(27)13-8-14-23(21)28/h2-14,24H,15-18H2,1H3,(H,29,32)/t24-/m0/s1. The largest absolute Gasteiger partial charge is 0.357 e. The average molecular weight is 485 g/mol. The Labute approximate surface area is 203 Å². The molecule has 3 aromatic rings. The van der Waals surface area contributed by atoms with Gasteiger partial charge in [-0.1, -0.05) is 78.3 Å². The van der Waals surface area contributed by atoms with Crippen LogP contribution in [0.5, 0.6) is 0 Å². The van der Waals surface area contributed by atoms with Gasteiger partial charge in [-0.05, 0) is 23.3 Å². The van der Waals surface area contributed by atoms with Crippen molar-refractivity contribution in [2.24, 2.45) is 0 Å². The number of nitrogens with one attached hydrogen (secondary N) is 1. The van der Waals surface area contributed by atoms with E-state index in [0.717, 1.165) is 11.1 Å². The molecule has 1 atom stereocenters. The summed E-state index contributed by atoms with van der Waals surface area (Å²) in [4.78, 5) is 27.8. The maximum atomic E-state index is 14.1. The van der Waals surface area contributed by atoms with E-state index in [1.807, 2.05) is 60.7 Å². The van der Waals surface area contributed by atoms with Crippen LogP contribution < -0.4 is 5.32 Å². The normalized spacial score (nSPS) is 11.6. The molecule has 172 valence electrons. The molecule has 0 radical (unpaired) electrons. The molecule has 3 aromatic carbocycles. The van der Waals surface area contributed by atoms with Crippen LogP contribution in [-0.2, 0) is 28.3 Å². The van der Waals surface area contributed by atoms with Crippen molar-refractivity contribution in [3.8, 4) is 0 Å². The van der Waals surface area contributed by atoms with Gasteiger partial charge in [0.1, 0.15) is 11.9 Å². The minimum Gasteiger partial charge on any atom is -0.357 e. The molecular formula is C26H26ClFN2O2S. The number of nitrogens with zero attached hydrogens (tertiary/aromatic N) is 1. The summed E-state index contributed by atoms with van der Waals surface area (Å²) in [7, 11) is 1.57. The second kappa shape index (κ2) is 12.4. The summed E-state index contributed by atoms with van der Waals surface area (Å²) in [6.45, 7) is 0.297. The molecule has 0 bridgehead atoms. The van der Waals surface area contributed by atoms with Crippen LogP contribution in [0.15, 0.2) is 78.9 Å². The van der Waals surface area contributed by atoms with Gasteiger partial charge in [0, 0.05) is 36.4 Å². The molecule has 0 fully saturated rings. The lowest BCUT2D eigenvalue weighted by Gasteiger charge is -2.31. The van der Waals surface area contributed by atoms with Crippen molar-refractivity contribution in [2.45, 2.75) is 24.8 Å². The van der Waals surface area contributed by atoms with E-state index in [1.165, 1.54) is 17.8 Å². The molecule has 0 unspecified atom stereocenters. The number of amides is 2. The van der Waals surface area contributed by atoms with Crippen LogP contribution in [0.4, 0.5) is 4.39 Å². The molecule has 4 nitrogen and oxygen atoms in total. The Morgan fingerprint density at radius 2 is 1.61 bits per heavy atom. The van der Waals surface area contributed by atoms with Crippen molar-refractivity contribution in [1.29, 1.82) is 0 Å². The average Bonchev–Trinajstić information content (AvgIpc) is 2.84. The Morgan fingerprint density at radius 3 is 2.21 bits per heavy atom. The number of benzene rings is 3. The number of hydrogen-bond acceptors (Lipinski definition) is 3. The summed E-state index contributed by atoms with van der Waals surface area (Å²) in [5, 5.41) is 3.03. The predicted molar refractivity (Wildman–Crippen MR) is 133 cm³/mol. The van der Waals surface area contributed by atoms with Crippen molar-refractivity contribution in [1.82, 2.24) is 10.2 Å². The van der Waals surface area contributed by atoms with Gasteiger partial charge in [0.05, 0.1) is 5.75 Å². The van der Waals surface area contributed by atoms with E-state index in [4.69, 9.17) is 11.6 Å². The van der Waals surface area contributed by atoms with Crippen molar-refractivity contribution >= 4 is 35.2 Å². The van der Waals surface area contributed by atoms with E-state index in [9.17, 15) is 14.0 Å². The fourth-order valence-corrected chi connectivity index (χ4v) is 4.74. The minimum absolute atomic E-state index is 0.0970. The predicted octanol–water partition coefficient (Wildman–Crippen LogP) is 5.10. The first-order valence-electron chi connectivity index (χ1n) is 10.6. The number of thioether (sulfide) groups is 1. The molecule has 0 aliphatic rings. The highest BCUT2D eigenvalue weighted by Gasteiger charge is 2.29. The number of rotatable bonds is 10. The molecule has 3 rings (SSSR count). The summed E-state index contributed by atoms with van der Waals surface area (Å²) in [5.74, 6) is -0.457. The Bertz CT molecular complexity index is 1050. The van der Waals surface area contributed by atoms with Gasteiger partial charge in [0.25, 0.3) is 0 Å². The molecular weight excluding hydrogens is 459 g/mol. The number of likely N-dealkylation sites (N-methyl/N-ethyl adjacent to an activating group) is 1. The second-order valence-electron chi connectivity index (χ2n) is 7.52. The van der Waals surface area contributed by atoms with Gasteiger partial charge < -0.3 is 10.2 Å². The van der Waals surface area contributed by atoms with Crippen molar-refractivity contribution < 1.29 is 14.0 Å². The summed E-state index contributed by atoms with van der Waals surface area (Å²) < 4.78 is 14.1. The molecule has 0 saturated carbocycles. The lowest BCUT2D eigenvalue weighted by molar-refractivity contribution is -0.139. The quantitative estimate of drug-likeness (QED) is 0.435. The monoisotopic (exact) mass is 484 g/mol. The highest BCUT2D eigenvalue weighted by molar-refractivity contribution is 7.99. The Kier molecular flexibility index (Phi) is 9.34. The van der Waals surface area contributed by atoms with Gasteiger partial charge in [0.15, 0.2) is 0 Å². The van der Waals surface area contributed by atoms with Gasteiger partial charge in [-0.25, -0.2) is 4.39 Å². The van der Waals surface area contributed by atoms with E-state index in [2.05, 4.69) is 5.32 Å². The number of carbonyl (C=O) groups excluding carboxylic acids is 2. The molecule has 7 heteroatoms. The van der Waals surface area contributed by atoms with Crippen molar-refractivity contribution in [3.63, 3.8) is 0 Å². The molecule has 0 aromatic heterocycles. The lowest BCUT2D eigenvalue weighted by Crippen LogP contribution is -2.50. The summed E-state index contributed by atoms with van der Waals surface area (Å²) >= 11 is 7.39.